The van der Waals surface area contributed by atoms with Crippen molar-refractivity contribution in [2.24, 2.45) is 13.0 Å². The molecular formula is C13H17N3O4. The SMILES string of the molecule is CCOC(=O)c1cnn(C)c1CN1C(=O)CC(C)C1=O. The lowest BCUT2D eigenvalue weighted by Crippen LogP contribution is -2.31. The number of hydrogen-bond acceptors (Lipinski definition) is 5. The number of aryl methyl sites for hydroxylation is 1. The second kappa shape index (κ2) is 5.44. The minimum Gasteiger partial charge on any atom is -0.462 e. The Morgan fingerprint density at radius 2 is 2.20 bits per heavy atom. The zero-order valence-electron chi connectivity index (χ0n) is 11.8. The summed E-state index contributed by atoms with van der Waals surface area (Å²) in [5, 5.41) is 4.00. The first-order chi connectivity index (χ1) is 9.45. The van der Waals surface area contributed by atoms with Gasteiger partial charge < -0.3 is 4.74 Å². The largest absolute Gasteiger partial charge is 0.462 e. The molecule has 0 aromatic carbocycles. The van der Waals surface area contributed by atoms with Crippen molar-refractivity contribution >= 4 is 17.8 Å². The summed E-state index contributed by atoms with van der Waals surface area (Å²) in [7, 11) is 1.66. The lowest BCUT2D eigenvalue weighted by Gasteiger charge is -2.15. The van der Waals surface area contributed by atoms with E-state index in [4.69, 9.17) is 4.74 Å². The Morgan fingerprint density at radius 3 is 2.75 bits per heavy atom. The van der Waals surface area contributed by atoms with Gasteiger partial charge in [0.25, 0.3) is 0 Å². The molecule has 1 unspecified atom stereocenters. The molecule has 20 heavy (non-hydrogen) atoms. The summed E-state index contributed by atoms with van der Waals surface area (Å²) in [4.78, 5) is 36.7. The summed E-state index contributed by atoms with van der Waals surface area (Å²) >= 11 is 0. The molecule has 0 N–H and O–H groups in total. The van der Waals surface area contributed by atoms with E-state index >= 15 is 0 Å². The number of carbonyl (C=O) groups is 3. The highest BCUT2D eigenvalue weighted by atomic mass is 16.5. The maximum absolute atomic E-state index is 11.9. The van der Waals surface area contributed by atoms with Gasteiger partial charge in [-0.1, -0.05) is 6.92 Å². The lowest BCUT2D eigenvalue weighted by atomic mass is 10.1. The third-order valence-corrected chi connectivity index (χ3v) is 3.33. The van der Waals surface area contributed by atoms with Crippen molar-refractivity contribution in [1.82, 2.24) is 14.7 Å². The van der Waals surface area contributed by atoms with E-state index in [1.165, 1.54) is 15.8 Å². The van der Waals surface area contributed by atoms with Gasteiger partial charge >= 0.3 is 5.97 Å². The highest BCUT2D eigenvalue weighted by Crippen LogP contribution is 2.22. The summed E-state index contributed by atoms with van der Waals surface area (Å²) in [6, 6.07) is 0. The van der Waals surface area contributed by atoms with Gasteiger partial charge in [-0.05, 0) is 6.92 Å². The molecule has 1 aromatic rings. The Balaban J connectivity index is 2.25. The van der Waals surface area contributed by atoms with Crippen molar-refractivity contribution in [3.63, 3.8) is 0 Å². The van der Waals surface area contributed by atoms with Gasteiger partial charge in [0, 0.05) is 19.4 Å². The lowest BCUT2D eigenvalue weighted by molar-refractivity contribution is -0.140. The second-order valence-electron chi connectivity index (χ2n) is 4.77. The number of likely N-dealkylation sites (tertiary alicyclic amines) is 1. The standard InChI is InChI=1S/C13H17N3O4/c1-4-20-13(19)9-6-14-15(3)10(9)7-16-11(17)5-8(2)12(16)18/h6,8H,4-5,7H2,1-3H3. The summed E-state index contributed by atoms with van der Waals surface area (Å²) < 4.78 is 6.42. The van der Waals surface area contributed by atoms with Gasteiger partial charge in [-0.15, -0.1) is 0 Å². The molecule has 7 nitrogen and oxygen atoms in total. The van der Waals surface area contributed by atoms with Gasteiger partial charge in [0.2, 0.25) is 11.8 Å². The minimum absolute atomic E-state index is 0.0483. The van der Waals surface area contributed by atoms with Gasteiger partial charge in [-0.25, -0.2) is 4.79 Å². The van der Waals surface area contributed by atoms with Crippen LogP contribution in [-0.4, -0.2) is 39.1 Å². The predicted molar refractivity (Wildman–Crippen MR) is 68.5 cm³/mol. The van der Waals surface area contributed by atoms with E-state index < -0.39 is 5.97 Å². The third-order valence-electron chi connectivity index (χ3n) is 3.33. The van der Waals surface area contributed by atoms with Crippen molar-refractivity contribution in [3.05, 3.63) is 17.5 Å². The molecule has 0 aliphatic carbocycles. The molecule has 0 bridgehead atoms. The average molecular weight is 279 g/mol. The number of aromatic nitrogens is 2. The first-order valence-corrected chi connectivity index (χ1v) is 6.47. The van der Waals surface area contributed by atoms with Crippen molar-refractivity contribution in [2.75, 3.05) is 6.61 Å². The molecule has 2 heterocycles. The minimum atomic E-state index is -0.497. The Kier molecular flexibility index (Phi) is 3.87. The second-order valence-corrected chi connectivity index (χ2v) is 4.77. The van der Waals surface area contributed by atoms with E-state index in [1.54, 1.807) is 20.9 Å². The van der Waals surface area contributed by atoms with Crippen LogP contribution in [0.3, 0.4) is 0 Å². The van der Waals surface area contributed by atoms with Crippen molar-refractivity contribution in [3.8, 4) is 0 Å². The molecule has 2 amide bonds. The average Bonchev–Trinajstić information content (AvgIpc) is 2.86. The number of amides is 2. The van der Waals surface area contributed by atoms with Crippen molar-refractivity contribution in [1.29, 1.82) is 0 Å². The summed E-state index contributed by atoms with van der Waals surface area (Å²) in [5.41, 5.74) is 0.786. The zero-order valence-corrected chi connectivity index (χ0v) is 11.8. The van der Waals surface area contributed by atoms with E-state index in [9.17, 15) is 14.4 Å². The normalized spacial score (nSPS) is 18.8. The molecule has 2 rings (SSSR count). The van der Waals surface area contributed by atoms with Crippen LogP contribution in [0.4, 0.5) is 0 Å². The van der Waals surface area contributed by atoms with Gasteiger partial charge in [0.15, 0.2) is 0 Å². The van der Waals surface area contributed by atoms with Crippen LogP contribution in [0.2, 0.25) is 0 Å². The van der Waals surface area contributed by atoms with Crippen LogP contribution in [0.1, 0.15) is 36.3 Å². The maximum Gasteiger partial charge on any atom is 0.341 e. The van der Waals surface area contributed by atoms with Gasteiger partial charge in [0.05, 0.1) is 25.0 Å². The number of nitrogens with zero attached hydrogens (tertiary/aromatic N) is 3. The molecule has 1 fully saturated rings. The number of esters is 1. The molecule has 0 saturated carbocycles. The molecule has 1 aliphatic rings. The van der Waals surface area contributed by atoms with E-state index in [0.29, 0.717) is 5.69 Å². The molecule has 0 radical (unpaired) electrons. The molecule has 108 valence electrons. The predicted octanol–water partition coefficient (Wildman–Crippen LogP) is 0.492. The first-order valence-electron chi connectivity index (χ1n) is 6.47. The highest BCUT2D eigenvalue weighted by molar-refractivity contribution is 6.03. The van der Waals surface area contributed by atoms with Crippen LogP contribution in [0.5, 0.6) is 0 Å². The molecular weight excluding hydrogens is 262 g/mol. The Morgan fingerprint density at radius 1 is 1.50 bits per heavy atom. The fourth-order valence-corrected chi connectivity index (χ4v) is 2.19. The Hall–Kier alpha value is -2.18. The van der Waals surface area contributed by atoms with Crippen LogP contribution < -0.4 is 0 Å². The molecule has 0 spiro atoms. The van der Waals surface area contributed by atoms with Crippen LogP contribution in [0.15, 0.2) is 6.20 Å². The fraction of sp³-hybridized carbons (Fsp3) is 0.538. The monoisotopic (exact) mass is 279 g/mol. The molecule has 1 aromatic heterocycles. The topological polar surface area (TPSA) is 81.5 Å². The zero-order chi connectivity index (χ0) is 14.9. The number of rotatable bonds is 4. The molecule has 7 heteroatoms. The Labute approximate surface area is 116 Å². The summed E-state index contributed by atoms with van der Waals surface area (Å²) in [5.74, 6) is -1.24. The van der Waals surface area contributed by atoms with Crippen molar-refractivity contribution < 1.29 is 19.1 Å². The Bertz CT molecular complexity index is 564. The van der Waals surface area contributed by atoms with Crippen molar-refractivity contribution in [2.45, 2.75) is 26.8 Å². The van der Waals surface area contributed by atoms with E-state index in [2.05, 4.69) is 5.10 Å². The van der Waals surface area contributed by atoms with Crippen LogP contribution >= 0.6 is 0 Å². The maximum atomic E-state index is 11.9. The first kappa shape index (κ1) is 14.2. The van der Waals surface area contributed by atoms with Crippen LogP contribution in [0, 0.1) is 5.92 Å². The van der Waals surface area contributed by atoms with E-state index in [-0.39, 0.29) is 42.9 Å². The summed E-state index contributed by atoms with van der Waals surface area (Å²) in [6.45, 7) is 3.73. The quantitative estimate of drug-likeness (QED) is 0.592. The molecule has 1 aliphatic heterocycles. The van der Waals surface area contributed by atoms with Crippen LogP contribution in [-0.2, 0) is 27.9 Å². The van der Waals surface area contributed by atoms with Gasteiger partial charge in [-0.2, -0.15) is 5.10 Å². The van der Waals surface area contributed by atoms with Crippen LogP contribution in [0.25, 0.3) is 0 Å². The number of hydrogen-bond donors (Lipinski definition) is 0. The van der Waals surface area contributed by atoms with E-state index in [1.807, 2.05) is 0 Å². The van der Waals surface area contributed by atoms with Gasteiger partial charge in [0.1, 0.15) is 5.56 Å². The number of ether oxygens (including phenoxy) is 1. The molecule has 1 atom stereocenters. The smallest absolute Gasteiger partial charge is 0.341 e. The number of imide groups is 1. The van der Waals surface area contributed by atoms with Gasteiger partial charge in [-0.3, -0.25) is 19.2 Å². The fourth-order valence-electron chi connectivity index (χ4n) is 2.19. The number of carbonyl (C=O) groups excluding carboxylic acids is 3. The van der Waals surface area contributed by atoms with E-state index in [0.717, 1.165) is 0 Å². The highest BCUT2D eigenvalue weighted by Gasteiger charge is 2.36. The third kappa shape index (κ3) is 2.43. The summed E-state index contributed by atoms with van der Waals surface area (Å²) in [6.07, 6.45) is 1.60. The molecule has 1 saturated heterocycles.